The predicted octanol–water partition coefficient (Wildman–Crippen LogP) is 5.81. The topological polar surface area (TPSA) is 73.5 Å². The fourth-order valence-corrected chi connectivity index (χ4v) is 5.07. The summed E-state index contributed by atoms with van der Waals surface area (Å²) in [5.41, 5.74) is 1.66. The van der Waals surface area contributed by atoms with Crippen LogP contribution in [0.25, 0.3) is 0 Å². The number of hydrogen-bond acceptors (Lipinski definition) is 3. The van der Waals surface area contributed by atoms with E-state index in [1.54, 1.807) is 18.2 Å². The maximum Gasteiger partial charge on any atom is 0.319 e. The summed E-state index contributed by atoms with van der Waals surface area (Å²) in [5, 5.41) is 9.90. The second-order valence-corrected chi connectivity index (χ2v) is 10.5. The number of nitrogens with one attached hydrogen (secondary N) is 3. The molecule has 6 nitrogen and oxygen atoms in total. The van der Waals surface area contributed by atoms with E-state index in [1.165, 1.54) is 12.1 Å². The minimum Gasteiger partial charge on any atom is -0.356 e. The molecule has 2 fully saturated rings. The molecular formula is C27H33Cl2FN4O2. The van der Waals surface area contributed by atoms with Crippen LogP contribution in [0.4, 0.5) is 14.9 Å². The van der Waals surface area contributed by atoms with E-state index < -0.39 is 0 Å². The van der Waals surface area contributed by atoms with Gasteiger partial charge in [0.15, 0.2) is 0 Å². The predicted molar refractivity (Wildman–Crippen MR) is 142 cm³/mol. The lowest BCUT2D eigenvalue weighted by molar-refractivity contribution is -0.122. The van der Waals surface area contributed by atoms with Crippen LogP contribution in [0.1, 0.15) is 50.0 Å². The number of nitrogens with zero attached hydrogens (tertiary/aromatic N) is 1. The first-order chi connectivity index (χ1) is 17.4. The van der Waals surface area contributed by atoms with Gasteiger partial charge in [-0.1, -0.05) is 35.7 Å². The van der Waals surface area contributed by atoms with Crippen molar-refractivity contribution < 1.29 is 14.0 Å². The number of anilines is 1. The molecule has 1 aliphatic heterocycles. The first-order valence-electron chi connectivity index (χ1n) is 12.7. The van der Waals surface area contributed by atoms with Crippen molar-refractivity contribution in [1.82, 2.24) is 15.5 Å². The van der Waals surface area contributed by atoms with Gasteiger partial charge in [0.05, 0.1) is 10.0 Å². The average molecular weight is 535 g/mol. The van der Waals surface area contributed by atoms with Crippen molar-refractivity contribution in [3.63, 3.8) is 0 Å². The molecule has 1 aliphatic carbocycles. The van der Waals surface area contributed by atoms with Crippen molar-refractivity contribution in [2.24, 2.45) is 5.92 Å². The summed E-state index contributed by atoms with van der Waals surface area (Å²) >= 11 is 12.1. The highest BCUT2D eigenvalue weighted by atomic mass is 35.5. The van der Waals surface area contributed by atoms with E-state index in [4.69, 9.17) is 23.2 Å². The van der Waals surface area contributed by atoms with Crippen LogP contribution < -0.4 is 16.0 Å². The van der Waals surface area contributed by atoms with Gasteiger partial charge in [-0.15, -0.1) is 0 Å². The number of amides is 3. The fraction of sp³-hybridized carbons (Fsp3) is 0.481. The summed E-state index contributed by atoms with van der Waals surface area (Å²) < 4.78 is 13.0. The van der Waals surface area contributed by atoms with E-state index in [-0.39, 0.29) is 35.6 Å². The standard InChI is InChI=1S/C27H33Cl2FN4O2/c28-24-9-4-18(16-25(24)29)22-17-23(22)26(35)31-12-2-1-3-13-34-14-10-21(11-15-34)33-27(36)32-20-7-5-19(30)6-8-20/h4-9,16,21-23H,1-3,10-15,17H2,(H,31,35)(H2,32,33,36)/t22-,23+/m0/s1. The van der Waals surface area contributed by atoms with Gasteiger partial charge in [0.1, 0.15) is 5.82 Å². The third-order valence-electron chi connectivity index (χ3n) is 6.97. The minimum atomic E-state index is -0.328. The molecule has 0 bridgehead atoms. The summed E-state index contributed by atoms with van der Waals surface area (Å²) in [4.78, 5) is 27.0. The number of benzene rings is 2. The second-order valence-electron chi connectivity index (χ2n) is 9.70. The molecule has 9 heteroatoms. The van der Waals surface area contributed by atoms with E-state index >= 15 is 0 Å². The number of carbonyl (C=O) groups excluding carboxylic acids is 2. The van der Waals surface area contributed by atoms with Gasteiger partial charge < -0.3 is 20.9 Å². The van der Waals surface area contributed by atoms with Gasteiger partial charge in [-0.05, 0) is 86.5 Å². The van der Waals surface area contributed by atoms with E-state index in [1.807, 2.05) is 12.1 Å². The molecule has 36 heavy (non-hydrogen) atoms. The van der Waals surface area contributed by atoms with Crippen LogP contribution in [-0.4, -0.2) is 49.1 Å². The van der Waals surface area contributed by atoms with Crippen LogP contribution in [0.3, 0.4) is 0 Å². The Morgan fingerprint density at radius 1 is 0.972 bits per heavy atom. The molecule has 0 spiro atoms. The van der Waals surface area contributed by atoms with Gasteiger partial charge in [-0.2, -0.15) is 0 Å². The number of piperidine rings is 1. The number of carbonyl (C=O) groups is 2. The molecule has 4 rings (SSSR count). The lowest BCUT2D eigenvalue weighted by Crippen LogP contribution is -2.46. The third kappa shape index (κ3) is 7.82. The Morgan fingerprint density at radius 2 is 1.72 bits per heavy atom. The van der Waals surface area contributed by atoms with E-state index in [0.29, 0.717) is 22.3 Å². The number of rotatable bonds is 10. The third-order valence-corrected chi connectivity index (χ3v) is 7.71. The molecule has 1 saturated heterocycles. The van der Waals surface area contributed by atoms with Gasteiger partial charge in [-0.3, -0.25) is 4.79 Å². The van der Waals surface area contributed by atoms with Gasteiger partial charge in [-0.25, -0.2) is 9.18 Å². The molecule has 1 heterocycles. The van der Waals surface area contributed by atoms with Gasteiger partial charge in [0.2, 0.25) is 5.91 Å². The SMILES string of the molecule is O=C(Nc1ccc(F)cc1)NC1CCN(CCCCCNC(=O)[C@@H]2C[C@H]2c2ccc(Cl)c(Cl)c2)CC1. The normalized spacial score (nSPS) is 20.1. The van der Waals surface area contributed by atoms with E-state index in [2.05, 4.69) is 20.9 Å². The van der Waals surface area contributed by atoms with Crippen molar-refractivity contribution in [3.05, 3.63) is 63.9 Å². The Balaban J connectivity index is 1.02. The highest BCUT2D eigenvalue weighted by Gasteiger charge is 2.43. The highest BCUT2D eigenvalue weighted by molar-refractivity contribution is 6.42. The zero-order chi connectivity index (χ0) is 25.5. The molecule has 1 saturated carbocycles. The maximum absolute atomic E-state index is 13.0. The summed E-state index contributed by atoms with van der Waals surface area (Å²) in [6.07, 6.45) is 5.82. The van der Waals surface area contributed by atoms with Crippen LogP contribution in [-0.2, 0) is 4.79 Å². The number of likely N-dealkylation sites (tertiary alicyclic amines) is 1. The molecule has 3 N–H and O–H groups in total. The van der Waals surface area contributed by atoms with Gasteiger partial charge in [0, 0.05) is 37.3 Å². The first-order valence-corrected chi connectivity index (χ1v) is 13.4. The summed E-state index contributed by atoms with van der Waals surface area (Å²) in [6.45, 7) is 3.65. The summed E-state index contributed by atoms with van der Waals surface area (Å²) in [5.74, 6) is 0.0796. The maximum atomic E-state index is 13.0. The molecule has 2 atom stereocenters. The van der Waals surface area contributed by atoms with Crippen LogP contribution in [0.5, 0.6) is 0 Å². The van der Waals surface area contributed by atoms with Crippen molar-refractivity contribution in [1.29, 1.82) is 0 Å². The molecular weight excluding hydrogens is 502 g/mol. The van der Waals surface area contributed by atoms with E-state index in [9.17, 15) is 14.0 Å². The fourth-order valence-electron chi connectivity index (χ4n) is 4.76. The largest absolute Gasteiger partial charge is 0.356 e. The molecule has 2 aliphatic rings. The Labute approximate surface area is 221 Å². The second kappa shape index (κ2) is 12.7. The number of unbranched alkanes of at least 4 members (excludes halogenated alkanes) is 2. The Hall–Kier alpha value is -2.35. The minimum absolute atomic E-state index is 0.0370. The van der Waals surface area contributed by atoms with Gasteiger partial charge >= 0.3 is 6.03 Å². The molecule has 2 aromatic carbocycles. The zero-order valence-electron chi connectivity index (χ0n) is 20.2. The van der Waals surface area contributed by atoms with Crippen LogP contribution in [0, 0.1) is 11.7 Å². The lowest BCUT2D eigenvalue weighted by atomic mass is 10.0. The van der Waals surface area contributed by atoms with Crippen LogP contribution in [0.2, 0.25) is 10.0 Å². The van der Waals surface area contributed by atoms with Crippen LogP contribution >= 0.6 is 23.2 Å². The average Bonchev–Trinajstić information content (AvgIpc) is 3.66. The molecule has 194 valence electrons. The molecule has 0 aromatic heterocycles. The summed E-state index contributed by atoms with van der Waals surface area (Å²) in [7, 11) is 0. The van der Waals surface area contributed by atoms with E-state index in [0.717, 1.165) is 63.7 Å². The zero-order valence-corrected chi connectivity index (χ0v) is 21.8. The van der Waals surface area contributed by atoms with Crippen molar-refractivity contribution in [2.45, 2.75) is 50.5 Å². The lowest BCUT2D eigenvalue weighted by Gasteiger charge is -2.32. The van der Waals surface area contributed by atoms with Crippen molar-refractivity contribution in [3.8, 4) is 0 Å². The number of urea groups is 1. The highest BCUT2D eigenvalue weighted by Crippen LogP contribution is 2.48. The molecule has 3 amide bonds. The Bertz CT molecular complexity index is 1040. The smallest absolute Gasteiger partial charge is 0.319 e. The summed E-state index contributed by atoms with van der Waals surface area (Å²) in [6, 6.07) is 11.2. The van der Waals surface area contributed by atoms with Crippen molar-refractivity contribution in [2.75, 3.05) is 31.5 Å². The molecule has 0 radical (unpaired) electrons. The Morgan fingerprint density at radius 3 is 2.44 bits per heavy atom. The first kappa shape index (κ1) is 26.7. The quantitative estimate of drug-likeness (QED) is 0.337. The number of hydrogen-bond donors (Lipinski definition) is 3. The number of halogens is 3. The van der Waals surface area contributed by atoms with Crippen molar-refractivity contribution >= 4 is 40.8 Å². The molecule has 0 unspecified atom stereocenters. The van der Waals surface area contributed by atoms with Gasteiger partial charge in [0.25, 0.3) is 0 Å². The molecule has 2 aromatic rings. The monoisotopic (exact) mass is 534 g/mol. The van der Waals surface area contributed by atoms with Crippen LogP contribution in [0.15, 0.2) is 42.5 Å². The Kier molecular flexibility index (Phi) is 9.46.